The zero-order chi connectivity index (χ0) is 14.1. The molecule has 1 N–H and O–H groups in total. The molecule has 0 amide bonds. The van der Waals surface area contributed by atoms with E-state index < -0.39 is 0 Å². The van der Waals surface area contributed by atoms with Crippen molar-refractivity contribution in [2.24, 2.45) is 0 Å². The fraction of sp³-hybridized carbons (Fsp3) is 0.647. The maximum Gasteiger partial charge on any atom is 0.0223 e. The summed E-state index contributed by atoms with van der Waals surface area (Å²) in [5.74, 6) is 0.799. The van der Waals surface area contributed by atoms with E-state index in [2.05, 4.69) is 50.4 Å². The second-order valence-electron chi connectivity index (χ2n) is 6.23. The molecule has 19 heavy (non-hydrogen) atoms. The topological polar surface area (TPSA) is 12.0 Å². The van der Waals surface area contributed by atoms with Gasteiger partial charge < -0.3 is 5.32 Å². The summed E-state index contributed by atoms with van der Waals surface area (Å²) in [5, 5.41) is 3.50. The first-order chi connectivity index (χ1) is 9.04. The monoisotopic (exact) mass is 281 g/mol. The second-order valence-corrected chi connectivity index (χ2v) is 6.60. The number of hydrogen-bond donors (Lipinski definition) is 1. The van der Waals surface area contributed by atoms with Crippen molar-refractivity contribution in [3.8, 4) is 0 Å². The number of unbranched alkanes of at least 4 members (excludes halogenated alkanes) is 3. The van der Waals surface area contributed by atoms with E-state index in [9.17, 15) is 0 Å². The minimum Gasteiger partial charge on any atom is -0.313 e. The molecule has 108 valence electrons. The Morgan fingerprint density at radius 3 is 2.16 bits per heavy atom. The van der Waals surface area contributed by atoms with Crippen molar-refractivity contribution >= 4 is 11.6 Å². The van der Waals surface area contributed by atoms with E-state index in [4.69, 9.17) is 11.6 Å². The zero-order valence-corrected chi connectivity index (χ0v) is 13.4. The molecule has 0 radical (unpaired) electrons. The highest BCUT2D eigenvalue weighted by Gasteiger charge is 2.12. The Hall–Kier alpha value is -0.530. The van der Waals surface area contributed by atoms with Gasteiger partial charge in [0, 0.05) is 12.4 Å². The van der Waals surface area contributed by atoms with Gasteiger partial charge in [-0.3, -0.25) is 0 Å². The predicted octanol–water partition coefficient (Wildman–Crippen LogP) is 4.87. The first-order valence-electron chi connectivity index (χ1n) is 7.40. The molecule has 0 aliphatic rings. The van der Waals surface area contributed by atoms with E-state index in [-0.39, 0.29) is 5.41 Å². The molecule has 0 saturated carbocycles. The summed E-state index contributed by atoms with van der Waals surface area (Å²) < 4.78 is 0. The number of rotatable bonds is 8. The van der Waals surface area contributed by atoms with Gasteiger partial charge in [0.1, 0.15) is 0 Å². The molecule has 1 nitrogen and oxygen atoms in total. The number of hydrogen-bond acceptors (Lipinski definition) is 1. The van der Waals surface area contributed by atoms with Gasteiger partial charge in [-0.1, -0.05) is 57.9 Å². The molecule has 0 aliphatic heterocycles. The number of alkyl halides is 1. The van der Waals surface area contributed by atoms with E-state index in [0.717, 1.165) is 25.4 Å². The number of benzene rings is 1. The summed E-state index contributed by atoms with van der Waals surface area (Å²) in [6, 6.07) is 8.97. The fourth-order valence-electron chi connectivity index (χ4n) is 2.05. The summed E-state index contributed by atoms with van der Waals surface area (Å²) in [6.45, 7) is 8.83. The van der Waals surface area contributed by atoms with Crippen LogP contribution < -0.4 is 5.32 Å². The average molecular weight is 282 g/mol. The van der Waals surface area contributed by atoms with Gasteiger partial charge in [-0.25, -0.2) is 0 Å². The lowest BCUT2D eigenvalue weighted by atomic mass is 9.87. The Balaban J connectivity index is 2.20. The molecule has 0 aromatic heterocycles. The highest BCUT2D eigenvalue weighted by molar-refractivity contribution is 6.17. The molecule has 2 heteroatoms. The Labute approximate surface area is 123 Å². The van der Waals surface area contributed by atoms with Crippen molar-refractivity contribution in [3.63, 3.8) is 0 Å². The van der Waals surface area contributed by atoms with Crippen molar-refractivity contribution in [2.45, 2.75) is 58.4 Å². The molecular weight excluding hydrogens is 254 g/mol. The highest BCUT2D eigenvalue weighted by Crippen LogP contribution is 2.22. The number of nitrogens with one attached hydrogen (secondary N) is 1. The van der Waals surface area contributed by atoms with Crippen molar-refractivity contribution in [3.05, 3.63) is 35.4 Å². The molecular formula is C17H28ClN. The molecule has 1 aromatic carbocycles. The molecule has 1 rings (SSSR count). The largest absolute Gasteiger partial charge is 0.313 e. The first-order valence-corrected chi connectivity index (χ1v) is 7.93. The molecule has 0 heterocycles. The molecule has 1 aromatic rings. The third kappa shape index (κ3) is 6.98. The fourth-order valence-corrected chi connectivity index (χ4v) is 2.24. The number of halogens is 1. The Morgan fingerprint density at radius 1 is 0.947 bits per heavy atom. The highest BCUT2D eigenvalue weighted by atomic mass is 35.5. The van der Waals surface area contributed by atoms with Crippen molar-refractivity contribution in [1.29, 1.82) is 0 Å². The summed E-state index contributed by atoms with van der Waals surface area (Å²) in [4.78, 5) is 0. The Morgan fingerprint density at radius 2 is 1.58 bits per heavy atom. The van der Waals surface area contributed by atoms with Crippen LogP contribution in [0.5, 0.6) is 0 Å². The van der Waals surface area contributed by atoms with Gasteiger partial charge in [0.25, 0.3) is 0 Å². The van der Waals surface area contributed by atoms with Gasteiger partial charge in [-0.05, 0) is 35.9 Å². The van der Waals surface area contributed by atoms with Crippen LogP contribution >= 0.6 is 11.6 Å². The van der Waals surface area contributed by atoms with Crippen LogP contribution in [0.4, 0.5) is 0 Å². The van der Waals surface area contributed by atoms with Crippen molar-refractivity contribution in [2.75, 3.05) is 12.4 Å². The van der Waals surface area contributed by atoms with Gasteiger partial charge in [0.2, 0.25) is 0 Å². The molecule has 0 bridgehead atoms. The minimum absolute atomic E-state index is 0.244. The first kappa shape index (κ1) is 16.5. The second kappa shape index (κ2) is 8.60. The molecule has 0 fully saturated rings. The van der Waals surface area contributed by atoms with Crippen LogP contribution in [0.25, 0.3) is 0 Å². The maximum absolute atomic E-state index is 5.65. The van der Waals surface area contributed by atoms with Crippen molar-refractivity contribution < 1.29 is 0 Å². The van der Waals surface area contributed by atoms with Gasteiger partial charge in [0.05, 0.1) is 0 Å². The average Bonchev–Trinajstić information content (AvgIpc) is 2.37. The smallest absolute Gasteiger partial charge is 0.0223 e. The maximum atomic E-state index is 5.65. The van der Waals surface area contributed by atoms with Gasteiger partial charge in [0.15, 0.2) is 0 Å². The Kier molecular flexibility index (Phi) is 7.48. The lowest BCUT2D eigenvalue weighted by molar-refractivity contribution is 0.587. The van der Waals surface area contributed by atoms with Crippen LogP contribution in [0, 0.1) is 0 Å². The lowest BCUT2D eigenvalue weighted by Gasteiger charge is -2.19. The standard InChI is InChI=1S/C17H28ClN/c1-17(2,3)16-10-8-15(9-11-16)14-19-13-7-5-4-6-12-18/h8-11,19H,4-7,12-14H2,1-3H3. The minimum atomic E-state index is 0.244. The molecule has 0 aliphatic carbocycles. The summed E-state index contributed by atoms with van der Waals surface area (Å²) in [7, 11) is 0. The van der Waals surface area contributed by atoms with E-state index in [1.807, 2.05) is 0 Å². The predicted molar refractivity (Wildman–Crippen MR) is 86.0 cm³/mol. The van der Waals surface area contributed by atoms with Crippen LogP contribution in [-0.4, -0.2) is 12.4 Å². The molecule has 0 unspecified atom stereocenters. The van der Waals surface area contributed by atoms with Crippen LogP contribution in [0.1, 0.15) is 57.6 Å². The normalized spacial score (nSPS) is 11.8. The van der Waals surface area contributed by atoms with Crippen LogP contribution in [0.15, 0.2) is 24.3 Å². The van der Waals surface area contributed by atoms with E-state index in [0.29, 0.717) is 0 Å². The van der Waals surface area contributed by atoms with Gasteiger partial charge in [-0.2, -0.15) is 0 Å². The van der Waals surface area contributed by atoms with Crippen LogP contribution in [-0.2, 0) is 12.0 Å². The van der Waals surface area contributed by atoms with Crippen LogP contribution in [0.2, 0.25) is 0 Å². The third-order valence-electron chi connectivity index (χ3n) is 3.39. The molecule has 0 saturated heterocycles. The third-order valence-corrected chi connectivity index (χ3v) is 3.65. The zero-order valence-electron chi connectivity index (χ0n) is 12.6. The van der Waals surface area contributed by atoms with E-state index in [1.54, 1.807) is 0 Å². The summed E-state index contributed by atoms with van der Waals surface area (Å²) in [5.41, 5.74) is 3.01. The van der Waals surface area contributed by atoms with Gasteiger partial charge in [-0.15, -0.1) is 11.6 Å². The van der Waals surface area contributed by atoms with Crippen molar-refractivity contribution in [1.82, 2.24) is 5.32 Å². The lowest BCUT2D eigenvalue weighted by Crippen LogP contribution is -2.15. The summed E-state index contributed by atoms with van der Waals surface area (Å²) >= 11 is 5.65. The SMILES string of the molecule is CC(C)(C)c1ccc(CNCCCCCCCl)cc1. The quantitative estimate of drug-likeness (QED) is 0.529. The van der Waals surface area contributed by atoms with Gasteiger partial charge >= 0.3 is 0 Å². The Bertz CT molecular complexity index is 337. The molecule has 0 atom stereocenters. The summed E-state index contributed by atoms with van der Waals surface area (Å²) in [6.07, 6.45) is 4.93. The molecule has 0 spiro atoms. The van der Waals surface area contributed by atoms with E-state index in [1.165, 1.54) is 30.4 Å². The van der Waals surface area contributed by atoms with E-state index >= 15 is 0 Å². The van der Waals surface area contributed by atoms with Crippen LogP contribution in [0.3, 0.4) is 0 Å².